The molecule has 144 valence electrons. The zero-order chi connectivity index (χ0) is 19.9. The van der Waals surface area contributed by atoms with Crippen molar-refractivity contribution in [3.05, 3.63) is 65.2 Å². The van der Waals surface area contributed by atoms with Gasteiger partial charge in [-0.25, -0.2) is 0 Å². The largest absolute Gasteiger partial charge is 0.493 e. The van der Waals surface area contributed by atoms with E-state index in [1.165, 1.54) is 11.1 Å². The van der Waals surface area contributed by atoms with Crippen LogP contribution >= 0.6 is 0 Å². The first-order valence-corrected chi connectivity index (χ1v) is 9.34. The fourth-order valence-electron chi connectivity index (χ4n) is 3.59. The van der Waals surface area contributed by atoms with Gasteiger partial charge in [-0.1, -0.05) is 30.3 Å². The first-order valence-electron chi connectivity index (χ1n) is 9.34. The van der Waals surface area contributed by atoms with Crippen LogP contribution in [0.2, 0.25) is 0 Å². The lowest BCUT2D eigenvalue weighted by Crippen LogP contribution is -2.32. The highest BCUT2D eigenvalue weighted by molar-refractivity contribution is 5.92. The summed E-state index contributed by atoms with van der Waals surface area (Å²) >= 11 is 0. The number of hydrogen-bond acceptors (Lipinski definition) is 4. The first kappa shape index (κ1) is 19.5. The van der Waals surface area contributed by atoms with Crippen molar-refractivity contribution in [2.24, 2.45) is 0 Å². The van der Waals surface area contributed by atoms with Crippen molar-refractivity contribution in [3.63, 3.8) is 0 Å². The summed E-state index contributed by atoms with van der Waals surface area (Å²) in [5.41, 5.74) is 3.41. The van der Waals surface area contributed by atoms with Crippen LogP contribution in [0.25, 0.3) is 6.08 Å². The first-order chi connectivity index (χ1) is 13.6. The molecule has 3 rings (SSSR count). The summed E-state index contributed by atoms with van der Waals surface area (Å²) < 4.78 is 10.6. The van der Waals surface area contributed by atoms with Crippen LogP contribution in [0.4, 0.5) is 0 Å². The van der Waals surface area contributed by atoms with Crippen LogP contribution in [0.15, 0.2) is 48.5 Å². The minimum absolute atomic E-state index is 0.0366. The van der Waals surface area contributed by atoms with E-state index in [0.717, 1.165) is 24.8 Å². The van der Waals surface area contributed by atoms with Gasteiger partial charge in [0.15, 0.2) is 18.1 Å². The zero-order valence-electron chi connectivity index (χ0n) is 16.2. The van der Waals surface area contributed by atoms with Crippen LogP contribution in [0.1, 0.15) is 35.6 Å². The van der Waals surface area contributed by atoms with Gasteiger partial charge in [0.1, 0.15) is 6.07 Å². The molecule has 0 heterocycles. The third-order valence-electron chi connectivity index (χ3n) is 5.05. The van der Waals surface area contributed by atoms with E-state index in [1.54, 1.807) is 31.4 Å². The molecular formula is C23H24N2O3. The monoisotopic (exact) mass is 376 g/mol. The molecule has 2 aromatic rings. The molecule has 1 amide bonds. The molecule has 5 heteroatoms. The van der Waals surface area contributed by atoms with Crippen molar-refractivity contribution in [2.45, 2.75) is 25.3 Å². The molecule has 28 heavy (non-hydrogen) atoms. The number of nitrogens with zero attached hydrogens (tertiary/aromatic N) is 2. The standard InChI is InChI=1S/C23H24N2O3/c1-25(20-9-5-7-18-6-3-4-8-19(18)20)23(26)13-11-17-10-12-21(28-15-14-24)22(16-17)27-2/h3-4,6,8,10-13,16,20H,5,7,9,15H2,1-2H3/b13-11+/t20-/m0/s1. The topological polar surface area (TPSA) is 62.6 Å². The highest BCUT2D eigenvalue weighted by Crippen LogP contribution is 2.33. The second-order valence-electron chi connectivity index (χ2n) is 6.75. The molecule has 0 N–H and O–H groups in total. The Morgan fingerprint density at radius 3 is 2.89 bits per heavy atom. The van der Waals surface area contributed by atoms with Gasteiger partial charge in [-0.05, 0) is 54.2 Å². The average molecular weight is 376 g/mol. The van der Waals surface area contributed by atoms with E-state index < -0.39 is 0 Å². The molecular weight excluding hydrogens is 352 g/mol. The van der Waals surface area contributed by atoms with E-state index in [4.69, 9.17) is 14.7 Å². The minimum Gasteiger partial charge on any atom is -0.493 e. The van der Waals surface area contributed by atoms with Gasteiger partial charge in [-0.2, -0.15) is 5.26 Å². The van der Waals surface area contributed by atoms with Crippen LogP contribution in [0.5, 0.6) is 11.5 Å². The molecule has 0 fully saturated rings. The van der Waals surface area contributed by atoms with Gasteiger partial charge in [-0.3, -0.25) is 4.79 Å². The molecule has 0 spiro atoms. The number of likely N-dealkylation sites (N-methyl/N-ethyl adjacent to an activating group) is 1. The van der Waals surface area contributed by atoms with E-state index in [9.17, 15) is 4.79 Å². The molecule has 0 aliphatic heterocycles. The number of carbonyl (C=O) groups is 1. The van der Waals surface area contributed by atoms with E-state index in [2.05, 4.69) is 18.2 Å². The van der Waals surface area contributed by atoms with Crippen molar-refractivity contribution in [2.75, 3.05) is 20.8 Å². The SMILES string of the molecule is COc1cc(/C=C/C(=O)N(C)[C@H]2CCCc3ccccc32)ccc1OCC#N. The number of nitriles is 1. The average Bonchev–Trinajstić information content (AvgIpc) is 2.75. The van der Waals surface area contributed by atoms with Gasteiger partial charge in [0, 0.05) is 13.1 Å². The number of carbonyl (C=O) groups excluding carboxylic acids is 1. The van der Waals surface area contributed by atoms with Crippen molar-refractivity contribution in [3.8, 4) is 17.6 Å². The normalized spacial score (nSPS) is 15.5. The van der Waals surface area contributed by atoms with Gasteiger partial charge in [-0.15, -0.1) is 0 Å². The number of fused-ring (bicyclic) bond motifs is 1. The van der Waals surface area contributed by atoms with Crippen LogP contribution in [-0.2, 0) is 11.2 Å². The van der Waals surface area contributed by atoms with E-state index in [1.807, 2.05) is 30.1 Å². The van der Waals surface area contributed by atoms with Crippen LogP contribution in [0.3, 0.4) is 0 Å². The Hall–Kier alpha value is -3.26. The van der Waals surface area contributed by atoms with E-state index >= 15 is 0 Å². The summed E-state index contributed by atoms with van der Waals surface area (Å²) in [5.74, 6) is 0.994. The molecule has 0 unspecified atom stereocenters. The van der Waals surface area contributed by atoms with Gasteiger partial charge < -0.3 is 14.4 Å². The summed E-state index contributed by atoms with van der Waals surface area (Å²) in [5, 5.41) is 8.64. The maximum absolute atomic E-state index is 12.7. The van der Waals surface area contributed by atoms with Gasteiger partial charge in [0.2, 0.25) is 5.91 Å². The molecule has 0 radical (unpaired) electrons. The summed E-state index contributed by atoms with van der Waals surface area (Å²) in [6, 6.07) is 15.8. The number of amides is 1. The van der Waals surface area contributed by atoms with Crippen molar-refractivity contribution < 1.29 is 14.3 Å². The number of ether oxygens (including phenoxy) is 2. The van der Waals surface area contributed by atoms with Gasteiger partial charge in [0.05, 0.1) is 13.2 Å². The van der Waals surface area contributed by atoms with Crippen LogP contribution in [0, 0.1) is 11.3 Å². The fourth-order valence-corrected chi connectivity index (χ4v) is 3.59. The van der Waals surface area contributed by atoms with E-state index in [-0.39, 0.29) is 18.6 Å². The second-order valence-corrected chi connectivity index (χ2v) is 6.75. The summed E-state index contributed by atoms with van der Waals surface area (Å²) in [7, 11) is 3.40. The molecule has 0 saturated carbocycles. The van der Waals surface area contributed by atoms with Crippen LogP contribution < -0.4 is 9.47 Å². The Labute approximate surface area is 165 Å². The molecule has 1 atom stereocenters. The number of methoxy groups -OCH3 is 1. The number of hydrogen-bond donors (Lipinski definition) is 0. The zero-order valence-corrected chi connectivity index (χ0v) is 16.2. The predicted octanol–water partition coefficient (Wildman–Crippen LogP) is 4.15. The molecule has 0 aromatic heterocycles. The Kier molecular flexibility index (Phi) is 6.33. The summed E-state index contributed by atoms with van der Waals surface area (Å²) in [4.78, 5) is 14.6. The highest BCUT2D eigenvalue weighted by atomic mass is 16.5. The van der Waals surface area contributed by atoms with Crippen molar-refractivity contribution in [1.29, 1.82) is 5.26 Å². The minimum atomic E-state index is -0.0440. The third kappa shape index (κ3) is 4.34. The molecule has 5 nitrogen and oxygen atoms in total. The highest BCUT2D eigenvalue weighted by Gasteiger charge is 2.25. The molecule has 0 bridgehead atoms. The molecule has 1 aliphatic rings. The lowest BCUT2D eigenvalue weighted by Gasteiger charge is -2.32. The van der Waals surface area contributed by atoms with Gasteiger partial charge in [0.25, 0.3) is 0 Å². The Morgan fingerprint density at radius 1 is 1.29 bits per heavy atom. The Balaban J connectivity index is 1.72. The lowest BCUT2D eigenvalue weighted by molar-refractivity contribution is -0.127. The second kappa shape index (κ2) is 9.09. The number of rotatable bonds is 6. The van der Waals surface area contributed by atoms with Gasteiger partial charge >= 0.3 is 0 Å². The Morgan fingerprint density at radius 2 is 2.11 bits per heavy atom. The molecule has 0 saturated heterocycles. The van der Waals surface area contributed by atoms with Crippen LogP contribution in [-0.4, -0.2) is 31.6 Å². The summed E-state index contributed by atoms with van der Waals surface area (Å²) in [6.07, 6.45) is 6.49. The summed E-state index contributed by atoms with van der Waals surface area (Å²) in [6.45, 7) is -0.0440. The maximum Gasteiger partial charge on any atom is 0.246 e. The number of benzene rings is 2. The smallest absolute Gasteiger partial charge is 0.246 e. The van der Waals surface area contributed by atoms with Crippen molar-refractivity contribution >= 4 is 12.0 Å². The van der Waals surface area contributed by atoms with Crippen molar-refractivity contribution in [1.82, 2.24) is 4.90 Å². The quantitative estimate of drug-likeness (QED) is 0.711. The maximum atomic E-state index is 12.7. The molecule has 2 aromatic carbocycles. The lowest BCUT2D eigenvalue weighted by atomic mass is 9.87. The Bertz CT molecular complexity index is 914. The molecule has 1 aliphatic carbocycles. The predicted molar refractivity (Wildman–Crippen MR) is 108 cm³/mol. The fraction of sp³-hybridized carbons (Fsp3) is 0.304. The third-order valence-corrected chi connectivity index (χ3v) is 5.05. The van der Waals surface area contributed by atoms with E-state index in [0.29, 0.717) is 11.5 Å². The number of aryl methyl sites for hydroxylation is 1.